The van der Waals surface area contributed by atoms with E-state index in [4.69, 9.17) is 19.4 Å². The van der Waals surface area contributed by atoms with E-state index in [2.05, 4.69) is 229 Å². The first-order valence-electron chi connectivity index (χ1n) is 24.3. The first-order chi connectivity index (χ1) is 35.7. The van der Waals surface area contributed by atoms with Crippen molar-refractivity contribution in [3.8, 4) is 84.4 Å². The van der Waals surface area contributed by atoms with Gasteiger partial charge in [0, 0.05) is 43.6 Å². The Kier molecular flexibility index (Phi) is 9.78. The number of hydrogen-bond donors (Lipinski definition) is 0. The molecule has 3 heterocycles. The number of para-hydroxylation sites is 1. The van der Waals surface area contributed by atoms with E-state index in [1.165, 1.54) is 32.7 Å². The molecule has 0 amide bonds. The zero-order valence-corrected chi connectivity index (χ0v) is 38.9. The lowest BCUT2D eigenvalue weighted by Gasteiger charge is -2.13. The van der Waals surface area contributed by atoms with Gasteiger partial charge in [-0.2, -0.15) is 0 Å². The zero-order chi connectivity index (χ0) is 47.5. The minimum absolute atomic E-state index is 0.572. The summed E-state index contributed by atoms with van der Waals surface area (Å²) in [5.74, 6) is 1.76. The molecule has 11 aromatic carbocycles. The zero-order valence-electron chi connectivity index (χ0n) is 38.9. The first kappa shape index (κ1) is 41.3. The molecular formula is C67H42N4O. The highest BCUT2D eigenvalue weighted by molar-refractivity contribution is 6.14. The van der Waals surface area contributed by atoms with E-state index in [0.29, 0.717) is 17.5 Å². The second kappa shape index (κ2) is 17.1. The van der Waals surface area contributed by atoms with E-state index in [9.17, 15) is 0 Å². The van der Waals surface area contributed by atoms with Crippen LogP contribution in [0.1, 0.15) is 0 Å². The van der Waals surface area contributed by atoms with Gasteiger partial charge in [-0.1, -0.05) is 188 Å². The minimum atomic E-state index is 0.572. The SMILES string of the molecule is c1ccc(-c2cc(-c3ccccc3)cc(-c3cccc(-c4nc(-c5ccccc5)nc(-c5cccc6oc7ccc(-c8ccc9c(c8)c8ccccc8n9-c8cccc9ccccc89)cc7c56)n4)c3)c2)cc1. The molecule has 0 radical (unpaired) electrons. The number of rotatable bonds is 8. The van der Waals surface area contributed by atoms with Crippen molar-refractivity contribution < 1.29 is 4.42 Å². The summed E-state index contributed by atoms with van der Waals surface area (Å²) < 4.78 is 9.03. The van der Waals surface area contributed by atoms with E-state index < -0.39 is 0 Å². The quantitative estimate of drug-likeness (QED) is 0.152. The van der Waals surface area contributed by atoms with Crippen LogP contribution in [-0.2, 0) is 0 Å². The summed E-state index contributed by atoms with van der Waals surface area (Å²) in [6.07, 6.45) is 0. The van der Waals surface area contributed by atoms with Gasteiger partial charge in [0.2, 0.25) is 0 Å². The Morgan fingerprint density at radius 1 is 0.278 bits per heavy atom. The van der Waals surface area contributed by atoms with E-state index >= 15 is 0 Å². The Bertz CT molecular complexity index is 4320. The van der Waals surface area contributed by atoms with Crippen LogP contribution in [0.15, 0.2) is 259 Å². The predicted octanol–water partition coefficient (Wildman–Crippen LogP) is 17.7. The van der Waals surface area contributed by atoms with Crippen molar-refractivity contribution in [3.05, 3.63) is 255 Å². The average Bonchev–Trinajstić information content (AvgIpc) is 4.00. The predicted molar refractivity (Wildman–Crippen MR) is 297 cm³/mol. The number of aromatic nitrogens is 4. The van der Waals surface area contributed by atoms with E-state index in [-0.39, 0.29) is 0 Å². The van der Waals surface area contributed by atoms with Crippen LogP contribution in [0, 0.1) is 0 Å². The van der Waals surface area contributed by atoms with Gasteiger partial charge in [-0.3, -0.25) is 0 Å². The van der Waals surface area contributed by atoms with Gasteiger partial charge in [-0.15, -0.1) is 0 Å². The monoisotopic (exact) mass is 918 g/mol. The fourth-order valence-electron chi connectivity index (χ4n) is 10.6. The number of furan rings is 1. The van der Waals surface area contributed by atoms with Crippen LogP contribution in [0.3, 0.4) is 0 Å². The van der Waals surface area contributed by atoms with Crippen molar-refractivity contribution in [1.82, 2.24) is 19.5 Å². The van der Waals surface area contributed by atoms with Crippen LogP contribution < -0.4 is 0 Å². The molecule has 0 bridgehead atoms. The van der Waals surface area contributed by atoms with Crippen LogP contribution in [0.25, 0.3) is 139 Å². The Morgan fingerprint density at radius 3 is 1.53 bits per heavy atom. The number of fused-ring (bicyclic) bond motifs is 7. The molecule has 0 saturated carbocycles. The van der Waals surface area contributed by atoms with Crippen LogP contribution >= 0.6 is 0 Å². The van der Waals surface area contributed by atoms with Gasteiger partial charge in [0.05, 0.1) is 16.7 Å². The van der Waals surface area contributed by atoms with Gasteiger partial charge in [0.25, 0.3) is 0 Å². The maximum atomic E-state index is 6.62. The summed E-state index contributed by atoms with van der Waals surface area (Å²) in [7, 11) is 0. The maximum Gasteiger partial charge on any atom is 0.164 e. The summed E-state index contributed by atoms with van der Waals surface area (Å²) in [4.78, 5) is 15.7. The van der Waals surface area contributed by atoms with Crippen LogP contribution in [0.4, 0.5) is 0 Å². The summed E-state index contributed by atoms with van der Waals surface area (Å²) in [6.45, 7) is 0. The molecule has 0 saturated heterocycles. The first-order valence-corrected chi connectivity index (χ1v) is 24.3. The smallest absolute Gasteiger partial charge is 0.164 e. The maximum absolute atomic E-state index is 6.62. The van der Waals surface area contributed by atoms with Gasteiger partial charge in [0.15, 0.2) is 17.5 Å². The molecule has 0 atom stereocenters. The molecule has 0 spiro atoms. The molecule has 0 aliphatic rings. The fourth-order valence-corrected chi connectivity index (χ4v) is 10.6. The van der Waals surface area contributed by atoms with Crippen molar-refractivity contribution in [2.24, 2.45) is 0 Å². The molecule has 3 aromatic heterocycles. The molecule has 0 aliphatic carbocycles. The van der Waals surface area contributed by atoms with E-state index in [1.54, 1.807) is 0 Å². The molecule has 0 fully saturated rings. The Hall–Kier alpha value is -9.71. The number of benzene rings is 11. The summed E-state index contributed by atoms with van der Waals surface area (Å²) in [5, 5.41) is 6.80. The van der Waals surface area contributed by atoms with Gasteiger partial charge < -0.3 is 8.98 Å². The molecule has 336 valence electrons. The van der Waals surface area contributed by atoms with Gasteiger partial charge in [-0.05, 0) is 117 Å². The molecule has 5 heteroatoms. The molecule has 0 unspecified atom stereocenters. The third-order valence-corrected chi connectivity index (χ3v) is 14.0. The van der Waals surface area contributed by atoms with Crippen molar-refractivity contribution in [3.63, 3.8) is 0 Å². The summed E-state index contributed by atoms with van der Waals surface area (Å²) in [5.41, 5.74) is 16.8. The standard InChI is InChI=1S/C67H42N4O/c1-4-17-43(18-5-1)51-38-52(44-19-6-2-7-20-44)40-53(39-51)47-25-14-26-50(37-47)66-68-65(46-22-8-3-9-23-46)69-67(70-66)56-29-16-32-63-64(56)58-42-49(34-36-62(58)72-63)48-33-35-61-57(41-48)55-28-12-13-30-60(55)71(61)59-31-15-24-45-21-10-11-27-54(45)59/h1-42H. The van der Waals surface area contributed by atoms with Crippen molar-refractivity contribution in [1.29, 1.82) is 0 Å². The van der Waals surface area contributed by atoms with E-state index in [0.717, 1.165) is 88.7 Å². The third-order valence-electron chi connectivity index (χ3n) is 14.0. The van der Waals surface area contributed by atoms with Gasteiger partial charge in [0.1, 0.15) is 11.2 Å². The highest BCUT2D eigenvalue weighted by atomic mass is 16.3. The molecule has 14 rings (SSSR count). The van der Waals surface area contributed by atoms with Crippen molar-refractivity contribution in [2.75, 3.05) is 0 Å². The lowest BCUT2D eigenvalue weighted by molar-refractivity contribution is 0.669. The second-order valence-corrected chi connectivity index (χ2v) is 18.4. The van der Waals surface area contributed by atoms with Crippen molar-refractivity contribution >= 4 is 54.5 Å². The molecule has 5 nitrogen and oxygen atoms in total. The number of nitrogens with zero attached hydrogens (tertiary/aromatic N) is 4. The van der Waals surface area contributed by atoms with E-state index in [1.807, 2.05) is 30.3 Å². The fraction of sp³-hybridized carbons (Fsp3) is 0. The Labute approximate surface area is 415 Å². The highest BCUT2D eigenvalue weighted by Gasteiger charge is 2.20. The van der Waals surface area contributed by atoms with Crippen molar-refractivity contribution in [2.45, 2.75) is 0 Å². The molecule has 72 heavy (non-hydrogen) atoms. The topological polar surface area (TPSA) is 56.7 Å². The lowest BCUT2D eigenvalue weighted by atomic mass is 9.93. The Morgan fingerprint density at radius 2 is 0.778 bits per heavy atom. The van der Waals surface area contributed by atoms with Gasteiger partial charge in [-0.25, -0.2) is 15.0 Å². The normalized spacial score (nSPS) is 11.6. The highest BCUT2D eigenvalue weighted by Crippen LogP contribution is 2.42. The summed E-state index contributed by atoms with van der Waals surface area (Å²) in [6, 6.07) is 90.1. The summed E-state index contributed by atoms with van der Waals surface area (Å²) >= 11 is 0. The molecule has 14 aromatic rings. The van der Waals surface area contributed by atoms with Crippen LogP contribution in [0.5, 0.6) is 0 Å². The third kappa shape index (κ3) is 7.14. The molecule has 0 aliphatic heterocycles. The number of hydrogen-bond acceptors (Lipinski definition) is 4. The minimum Gasteiger partial charge on any atom is -0.456 e. The largest absolute Gasteiger partial charge is 0.456 e. The molecule has 0 N–H and O–H groups in total. The second-order valence-electron chi connectivity index (χ2n) is 18.4. The average molecular weight is 919 g/mol. The molecular weight excluding hydrogens is 877 g/mol. The Balaban J connectivity index is 0.905. The van der Waals surface area contributed by atoms with Crippen LogP contribution in [-0.4, -0.2) is 19.5 Å². The lowest BCUT2D eigenvalue weighted by Crippen LogP contribution is -2.00. The van der Waals surface area contributed by atoms with Crippen LogP contribution in [0.2, 0.25) is 0 Å². The van der Waals surface area contributed by atoms with Gasteiger partial charge >= 0.3 is 0 Å².